The molecule has 0 aromatic rings. The van der Waals surface area contributed by atoms with Crippen LogP contribution in [0.3, 0.4) is 0 Å². The van der Waals surface area contributed by atoms with E-state index in [1.807, 2.05) is 0 Å². The molecule has 0 aromatic carbocycles. The standard InChI is InChI=1S/C17H33N7O5/c1-8(2)12(18)15(27)24-11(6-5-7-21-17(19)20)14(26)22-9(3)13(25)23-10(4)16(28)29/h8-12H,5-7,18H2,1-4H3,(H,22,26)(H,23,25)(H,24,27)(H,28,29)(H4,19,20,21)/t9-,10-,11-,12-/m0/s1. The van der Waals surface area contributed by atoms with Gasteiger partial charge in [-0.3, -0.25) is 24.2 Å². The normalized spacial score (nSPS) is 14.8. The Kier molecular flexibility index (Phi) is 11.3. The molecule has 0 unspecified atom stereocenters. The van der Waals surface area contributed by atoms with Crippen molar-refractivity contribution in [3.63, 3.8) is 0 Å². The van der Waals surface area contributed by atoms with Crippen LogP contribution in [-0.4, -0.2) is 65.5 Å². The smallest absolute Gasteiger partial charge is 0.325 e. The summed E-state index contributed by atoms with van der Waals surface area (Å²) >= 11 is 0. The highest BCUT2D eigenvalue weighted by atomic mass is 16.4. The molecule has 166 valence electrons. The summed E-state index contributed by atoms with van der Waals surface area (Å²) in [6.07, 6.45) is 0.600. The van der Waals surface area contributed by atoms with Gasteiger partial charge in [0.1, 0.15) is 18.1 Å². The molecule has 0 rings (SSSR count). The van der Waals surface area contributed by atoms with Crippen LogP contribution in [0.5, 0.6) is 0 Å². The molecular weight excluding hydrogens is 382 g/mol. The summed E-state index contributed by atoms with van der Waals surface area (Å²) in [6, 6.07) is -3.89. The third-order valence-electron chi connectivity index (χ3n) is 4.08. The Bertz CT molecular complexity index is 619. The molecule has 4 atom stereocenters. The lowest BCUT2D eigenvalue weighted by molar-refractivity contribution is -0.141. The van der Waals surface area contributed by atoms with Gasteiger partial charge in [-0.25, -0.2) is 0 Å². The molecule has 0 aliphatic heterocycles. The average Bonchev–Trinajstić information content (AvgIpc) is 2.62. The Balaban J connectivity index is 5.05. The predicted molar refractivity (Wildman–Crippen MR) is 108 cm³/mol. The minimum absolute atomic E-state index is 0.0882. The monoisotopic (exact) mass is 415 g/mol. The van der Waals surface area contributed by atoms with Gasteiger partial charge in [-0.05, 0) is 32.6 Å². The fourth-order valence-electron chi connectivity index (χ4n) is 2.12. The molecule has 0 radical (unpaired) electrons. The Hall–Kier alpha value is -2.89. The molecular formula is C17H33N7O5. The van der Waals surface area contributed by atoms with Crippen molar-refractivity contribution in [3.8, 4) is 0 Å². The highest BCUT2D eigenvalue weighted by Gasteiger charge is 2.27. The summed E-state index contributed by atoms with van der Waals surface area (Å²) in [5.41, 5.74) is 16.3. The third-order valence-corrected chi connectivity index (χ3v) is 4.08. The number of aliphatic carboxylic acids is 1. The van der Waals surface area contributed by atoms with Gasteiger partial charge in [0.05, 0.1) is 6.04 Å². The largest absolute Gasteiger partial charge is 0.480 e. The number of aliphatic imine (C=N–C) groups is 1. The molecule has 12 nitrogen and oxygen atoms in total. The number of carbonyl (C=O) groups is 4. The topological polar surface area (TPSA) is 215 Å². The quantitative estimate of drug-likeness (QED) is 0.103. The fourth-order valence-corrected chi connectivity index (χ4v) is 2.12. The SMILES string of the molecule is CC(C)[C@H](N)C(=O)N[C@@H](CCCN=C(N)N)C(=O)N[C@@H](C)C(=O)N[C@@H](C)C(=O)O. The number of hydrogen-bond donors (Lipinski definition) is 7. The zero-order valence-corrected chi connectivity index (χ0v) is 17.3. The second-order valence-corrected chi connectivity index (χ2v) is 7.08. The van der Waals surface area contributed by atoms with Crippen LogP contribution in [0.15, 0.2) is 4.99 Å². The number of nitrogens with zero attached hydrogens (tertiary/aromatic N) is 1. The molecule has 0 fully saturated rings. The minimum Gasteiger partial charge on any atom is -0.480 e. The summed E-state index contributed by atoms with van der Waals surface area (Å²) in [5.74, 6) is -3.21. The first kappa shape index (κ1) is 26.1. The van der Waals surface area contributed by atoms with Crippen molar-refractivity contribution in [2.75, 3.05) is 6.54 Å². The van der Waals surface area contributed by atoms with E-state index >= 15 is 0 Å². The lowest BCUT2D eigenvalue weighted by atomic mass is 10.0. The van der Waals surface area contributed by atoms with Crippen LogP contribution in [0.4, 0.5) is 0 Å². The van der Waals surface area contributed by atoms with Gasteiger partial charge in [-0.15, -0.1) is 0 Å². The van der Waals surface area contributed by atoms with Crippen molar-refractivity contribution >= 4 is 29.7 Å². The Morgan fingerprint density at radius 1 is 0.897 bits per heavy atom. The van der Waals surface area contributed by atoms with Gasteiger partial charge in [0.2, 0.25) is 17.7 Å². The first-order valence-corrected chi connectivity index (χ1v) is 9.31. The summed E-state index contributed by atoms with van der Waals surface area (Å²) in [4.78, 5) is 51.5. The van der Waals surface area contributed by atoms with E-state index in [9.17, 15) is 19.2 Å². The van der Waals surface area contributed by atoms with E-state index in [1.54, 1.807) is 13.8 Å². The number of nitrogens with two attached hydrogens (primary N) is 3. The maximum atomic E-state index is 12.6. The van der Waals surface area contributed by atoms with E-state index < -0.39 is 47.9 Å². The number of amides is 3. The van der Waals surface area contributed by atoms with E-state index in [-0.39, 0.29) is 24.8 Å². The van der Waals surface area contributed by atoms with Crippen molar-refractivity contribution in [2.24, 2.45) is 28.1 Å². The number of carboxylic acids is 1. The highest BCUT2D eigenvalue weighted by molar-refractivity contribution is 5.93. The van der Waals surface area contributed by atoms with E-state index in [1.165, 1.54) is 13.8 Å². The number of rotatable bonds is 12. The molecule has 0 spiro atoms. The lowest BCUT2D eigenvalue weighted by Gasteiger charge is -2.24. The lowest BCUT2D eigenvalue weighted by Crippen LogP contribution is -2.56. The molecule has 10 N–H and O–H groups in total. The molecule has 3 amide bonds. The van der Waals surface area contributed by atoms with Crippen molar-refractivity contribution in [1.29, 1.82) is 0 Å². The molecule has 0 aliphatic rings. The van der Waals surface area contributed by atoms with Crippen molar-refractivity contribution in [2.45, 2.75) is 64.7 Å². The van der Waals surface area contributed by atoms with Crippen molar-refractivity contribution < 1.29 is 24.3 Å². The predicted octanol–water partition coefficient (Wildman–Crippen LogP) is -2.40. The molecule has 0 saturated heterocycles. The van der Waals surface area contributed by atoms with Crippen LogP contribution in [0, 0.1) is 5.92 Å². The minimum atomic E-state index is -1.20. The average molecular weight is 415 g/mol. The van der Waals surface area contributed by atoms with Gasteiger partial charge < -0.3 is 38.3 Å². The van der Waals surface area contributed by atoms with E-state index in [2.05, 4.69) is 20.9 Å². The summed E-state index contributed by atoms with van der Waals surface area (Å²) in [5, 5.41) is 16.1. The molecule has 0 saturated carbocycles. The molecule has 12 heteroatoms. The molecule has 0 heterocycles. The number of nitrogens with one attached hydrogen (secondary N) is 3. The second kappa shape index (κ2) is 12.5. The van der Waals surface area contributed by atoms with Crippen LogP contribution in [0.1, 0.15) is 40.5 Å². The second-order valence-electron chi connectivity index (χ2n) is 7.08. The zero-order chi connectivity index (χ0) is 22.7. The Morgan fingerprint density at radius 3 is 1.93 bits per heavy atom. The van der Waals surface area contributed by atoms with Gasteiger partial charge in [0, 0.05) is 6.54 Å². The van der Waals surface area contributed by atoms with Crippen LogP contribution < -0.4 is 33.2 Å². The Morgan fingerprint density at radius 2 is 1.45 bits per heavy atom. The first-order valence-electron chi connectivity index (χ1n) is 9.31. The fraction of sp³-hybridized carbons (Fsp3) is 0.706. The van der Waals surface area contributed by atoms with Crippen molar-refractivity contribution in [3.05, 3.63) is 0 Å². The number of carboxylic acid groups (broad SMARTS) is 1. The summed E-state index contributed by atoms with van der Waals surface area (Å²) in [7, 11) is 0. The third kappa shape index (κ3) is 10.3. The van der Waals surface area contributed by atoms with Crippen LogP contribution in [0.2, 0.25) is 0 Å². The van der Waals surface area contributed by atoms with Gasteiger partial charge in [-0.2, -0.15) is 0 Å². The number of hydrogen-bond acceptors (Lipinski definition) is 6. The number of guanidine groups is 1. The van der Waals surface area contributed by atoms with Gasteiger partial charge in [0.15, 0.2) is 5.96 Å². The molecule has 0 aliphatic carbocycles. The van der Waals surface area contributed by atoms with Gasteiger partial charge in [-0.1, -0.05) is 13.8 Å². The van der Waals surface area contributed by atoms with Crippen LogP contribution in [0.25, 0.3) is 0 Å². The van der Waals surface area contributed by atoms with E-state index in [0.717, 1.165) is 0 Å². The summed E-state index contributed by atoms with van der Waals surface area (Å²) in [6.45, 7) is 6.50. The summed E-state index contributed by atoms with van der Waals surface area (Å²) < 4.78 is 0. The molecule has 0 aromatic heterocycles. The van der Waals surface area contributed by atoms with E-state index in [4.69, 9.17) is 22.3 Å². The molecule has 0 bridgehead atoms. The van der Waals surface area contributed by atoms with Gasteiger partial charge >= 0.3 is 5.97 Å². The van der Waals surface area contributed by atoms with Crippen LogP contribution in [-0.2, 0) is 19.2 Å². The maximum absolute atomic E-state index is 12.6. The zero-order valence-electron chi connectivity index (χ0n) is 17.3. The molecule has 29 heavy (non-hydrogen) atoms. The van der Waals surface area contributed by atoms with Gasteiger partial charge in [0.25, 0.3) is 0 Å². The first-order chi connectivity index (χ1) is 13.4. The Labute approximate surface area is 170 Å². The van der Waals surface area contributed by atoms with Crippen molar-refractivity contribution in [1.82, 2.24) is 16.0 Å². The maximum Gasteiger partial charge on any atom is 0.325 e. The van der Waals surface area contributed by atoms with E-state index in [0.29, 0.717) is 6.42 Å². The highest BCUT2D eigenvalue weighted by Crippen LogP contribution is 2.03. The van der Waals surface area contributed by atoms with Crippen LogP contribution >= 0.6 is 0 Å². The number of carbonyl (C=O) groups excluding carboxylic acids is 3.